The van der Waals surface area contributed by atoms with Gasteiger partial charge in [0.05, 0.1) is 29.8 Å². The van der Waals surface area contributed by atoms with Gasteiger partial charge in [0.2, 0.25) is 0 Å². The van der Waals surface area contributed by atoms with Crippen molar-refractivity contribution in [2.24, 2.45) is 0 Å². The van der Waals surface area contributed by atoms with Crippen LogP contribution in [0.4, 0.5) is 5.69 Å². The Balaban J connectivity index is 1.86. The predicted octanol–water partition coefficient (Wildman–Crippen LogP) is 6.75. The third-order valence-electron chi connectivity index (χ3n) is 6.29. The molecule has 0 saturated heterocycles. The third kappa shape index (κ3) is 3.39. The summed E-state index contributed by atoms with van der Waals surface area (Å²) in [6.07, 6.45) is 4.13. The average molecular weight is 451 g/mol. The summed E-state index contributed by atoms with van der Waals surface area (Å²) in [5, 5.41) is 23.8. The van der Waals surface area contributed by atoms with Crippen molar-refractivity contribution in [3.8, 4) is 34.4 Å². The van der Waals surface area contributed by atoms with Gasteiger partial charge in [-0.25, -0.2) is 0 Å². The number of hydrogen-bond acceptors (Lipinski definition) is 5. The smallest absolute Gasteiger partial charge is 0.172 e. The highest BCUT2D eigenvalue weighted by molar-refractivity contribution is 6.02. The molecule has 3 aromatic carbocycles. The van der Waals surface area contributed by atoms with E-state index in [1.807, 2.05) is 37.3 Å². The standard InChI is InChI=1S/C29H26N2O3/c1-16-6-7-18(15-30)19(12-16)13-24-26-20(27-23(34-24)11-10-22(32)28(27)33-5)8-9-21-25(26)17(2)14-29(3,4)31-21/h6-14,31-32H,1-5H3/b24-13-. The summed E-state index contributed by atoms with van der Waals surface area (Å²) in [6.45, 7) is 8.37. The number of methoxy groups -OCH3 is 1. The summed E-state index contributed by atoms with van der Waals surface area (Å²) in [5.41, 5.74) is 7.91. The fraction of sp³-hybridized carbons (Fsp3) is 0.207. The molecular formula is C29H26N2O3. The first-order chi connectivity index (χ1) is 16.2. The zero-order valence-corrected chi connectivity index (χ0v) is 19.9. The maximum Gasteiger partial charge on any atom is 0.172 e. The summed E-state index contributed by atoms with van der Waals surface area (Å²) in [6, 6.07) is 15.5. The molecule has 2 N–H and O–H groups in total. The molecule has 5 heteroatoms. The lowest BCUT2D eigenvalue weighted by Gasteiger charge is -2.35. The van der Waals surface area contributed by atoms with Gasteiger partial charge in [-0.2, -0.15) is 5.26 Å². The molecule has 0 bridgehead atoms. The van der Waals surface area contributed by atoms with Crippen molar-refractivity contribution in [3.63, 3.8) is 0 Å². The van der Waals surface area contributed by atoms with Crippen LogP contribution in [0.2, 0.25) is 0 Å². The second kappa shape index (κ2) is 7.71. The molecule has 0 atom stereocenters. The van der Waals surface area contributed by atoms with Crippen LogP contribution in [-0.2, 0) is 0 Å². The number of rotatable bonds is 2. The maximum absolute atomic E-state index is 10.5. The number of phenolic OH excluding ortho intramolecular Hbond substituents is 1. The fourth-order valence-corrected chi connectivity index (χ4v) is 4.99. The number of ether oxygens (including phenoxy) is 2. The summed E-state index contributed by atoms with van der Waals surface area (Å²) in [4.78, 5) is 0. The van der Waals surface area contributed by atoms with Crippen molar-refractivity contribution < 1.29 is 14.6 Å². The first kappa shape index (κ1) is 21.7. The van der Waals surface area contributed by atoms with Gasteiger partial charge in [0.15, 0.2) is 11.5 Å². The predicted molar refractivity (Wildman–Crippen MR) is 136 cm³/mol. The van der Waals surface area contributed by atoms with Crippen LogP contribution >= 0.6 is 0 Å². The van der Waals surface area contributed by atoms with Gasteiger partial charge in [0.25, 0.3) is 0 Å². The summed E-state index contributed by atoms with van der Waals surface area (Å²) in [5.74, 6) is 1.66. The summed E-state index contributed by atoms with van der Waals surface area (Å²) >= 11 is 0. The highest BCUT2D eigenvalue weighted by atomic mass is 16.5. The topological polar surface area (TPSA) is 74.5 Å². The molecule has 0 radical (unpaired) electrons. The van der Waals surface area contributed by atoms with Crippen LogP contribution < -0.4 is 14.8 Å². The van der Waals surface area contributed by atoms with Gasteiger partial charge in [-0.3, -0.25) is 0 Å². The van der Waals surface area contributed by atoms with Gasteiger partial charge in [0.1, 0.15) is 11.5 Å². The Morgan fingerprint density at radius 2 is 1.85 bits per heavy atom. The van der Waals surface area contributed by atoms with Gasteiger partial charge in [-0.15, -0.1) is 0 Å². The number of fused-ring (bicyclic) bond motifs is 5. The van der Waals surface area contributed by atoms with E-state index in [1.165, 1.54) is 0 Å². The molecule has 2 heterocycles. The SMILES string of the molecule is COc1c(O)ccc2c1-c1ccc3c(c1/C(=C/c1cc(C)ccc1C#N)O2)C(C)=CC(C)(C)N3. The van der Waals surface area contributed by atoms with Crippen LogP contribution in [0.15, 0.2) is 48.5 Å². The molecule has 2 aliphatic rings. The van der Waals surface area contributed by atoms with E-state index in [1.54, 1.807) is 19.2 Å². The van der Waals surface area contributed by atoms with Gasteiger partial charge >= 0.3 is 0 Å². The lowest BCUT2D eigenvalue weighted by molar-refractivity contribution is 0.371. The average Bonchev–Trinajstić information content (AvgIpc) is 2.78. The largest absolute Gasteiger partial charge is 0.504 e. The van der Waals surface area contributed by atoms with Crippen molar-refractivity contribution in [2.45, 2.75) is 33.2 Å². The molecule has 34 heavy (non-hydrogen) atoms. The first-order valence-corrected chi connectivity index (χ1v) is 11.2. The molecule has 0 aliphatic carbocycles. The van der Waals surface area contributed by atoms with E-state index in [4.69, 9.17) is 9.47 Å². The Morgan fingerprint density at radius 1 is 1.06 bits per heavy atom. The Labute approximate surface area is 199 Å². The minimum Gasteiger partial charge on any atom is -0.504 e. The van der Waals surface area contributed by atoms with Crippen LogP contribution in [0.3, 0.4) is 0 Å². The number of nitrogens with zero attached hydrogens (tertiary/aromatic N) is 1. The molecular weight excluding hydrogens is 424 g/mol. The molecule has 3 aromatic rings. The monoisotopic (exact) mass is 450 g/mol. The number of nitrogens with one attached hydrogen (secondary N) is 1. The maximum atomic E-state index is 10.5. The Morgan fingerprint density at radius 3 is 2.59 bits per heavy atom. The third-order valence-corrected chi connectivity index (χ3v) is 6.29. The number of phenols is 1. The number of anilines is 1. The minimum absolute atomic E-state index is 0.0536. The molecule has 5 nitrogen and oxygen atoms in total. The van der Waals surface area contributed by atoms with Crippen molar-refractivity contribution in [2.75, 3.05) is 12.4 Å². The normalized spacial score (nSPS) is 16.2. The highest BCUT2D eigenvalue weighted by Gasteiger charge is 2.33. The molecule has 0 fully saturated rings. The number of allylic oxidation sites excluding steroid dienone is 1. The van der Waals surface area contributed by atoms with Crippen LogP contribution in [0.1, 0.15) is 48.6 Å². The van der Waals surface area contributed by atoms with Crippen LogP contribution in [-0.4, -0.2) is 17.8 Å². The molecule has 2 aliphatic heterocycles. The second-order valence-electron chi connectivity index (χ2n) is 9.39. The number of nitriles is 1. The molecule has 5 rings (SSSR count). The summed E-state index contributed by atoms with van der Waals surface area (Å²) in [7, 11) is 1.54. The molecule has 0 unspecified atom stereocenters. The van der Waals surface area contributed by atoms with E-state index in [9.17, 15) is 10.4 Å². The highest BCUT2D eigenvalue weighted by Crippen LogP contribution is 2.54. The first-order valence-electron chi connectivity index (χ1n) is 11.2. The fourth-order valence-electron chi connectivity index (χ4n) is 4.99. The lowest BCUT2D eigenvalue weighted by atomic mass is 9.82. The second-order valence-corrected chi connectivity index (χ2v) is 9.39. The molecule has 0 amide bonds. The molecule has 170 valence electrons. The number of hydrogen-bond donors (Lipinski definition) is 2. The van der Waals surface area contributed by atoms with Crippen LogP contribution in [0, 0.1) is 18.3 Å². The quantitative estimate of drug-likeness (QED) is 0.452. The molecule has 0 aromatic heterocycles. The Bertz CT molecular complexity index is 1460. The zero-order chi connectivity index (χ0) is 24.2. The van der Waals surface area contributed by atoms with E-state index in [-0.39, 0.29) is 11.3 Å². The Kier molecular flexibility index (Phi) is 4.91. The number of benzene rings is 3. The van der Waals surface area contributed by atoms with E-state index in [0.717, 1.165) is 39.1 Å². The minimum atomic E-state index is -0.191. The van der Waals surface area contributed by atoms with Gasteiger partial charge in [-0.05, 0) is 69.2 Å². The van der Waals surface area contributed by atoms with Crippen molar-refractivity contribution >= 4 is 23.1 Å². The van der Waals surface area contributed by atoms with Crippen molar-refractivity contribution in [1.82, 2.24) is 0 Å². The number of aromatic hydroxyl groups is 1. The van der Waals surface area contributed by atoms with E-state index >= 15 is 0 Å². The van der Waals surface area contributed by atoms with Crippen molar-refractivity contribution in [3.05, 3.63) is 76.4 Å². The molecule has 0 saturated carbocycles. The Hall–Kier alpha value is -4.17. The van der Waals surface area contributed by atoms with E-state index in [0.29, 0.717) is 28.4 Å². The zero-order valence-electron chi connectivity index (χ0n) is 19.9. The van der Waals surface area contributed by atoms with Gasteiger partial charge in [0, 0.05) is 22.4 Å². The van der Waals surface area contributed by atoms with Crippen molar-refractivity contribution in [1.29, 1.82) is 5.26 Å². The number of aryl methyl sites for hydroxylation is 1. The molecule has 0 spiro atoms. The lowest BCUT2D eigenvalue weighted by Crippen LogP contribution is -2.32. The van der Waals surface area contributed by atoms with Gasteiger partial charge in [-0.1, -0.05) is 29.8 Å². The van der Waals surface area contributed by atoms with E-state index in [2.05, 4.69) is 44.3 Å². The van der Waals surface area contributed by atoms with E-state index < -0.39 is 0 Å². The van der Waals surface area contributed by atoms with Gasteiger partial charge < -0.3 is 19.9 Å². The van der Waals surface area contributed by atoms with Crippen LogP contribution in [0.25, 0.3) is 28.5 Å². The summed E-state index contributed by atoms with van der Waals surface area (Å²) < 4.78 is 12.1. The van der Waals surface area contributed by atoms with Crippen LogP contribution in [0.5, 0.6) is 17.2 Å².